The van der Waals surface area contributed by atoms with Gasteiger partial charge in [0, 0.05) is 5.70 Å². The van der Waals surface area contributed by atoms with Crippen LogP contribution in [0.25, 0.3) is 0 Å². The SMILES string of the molecule is C=C(C)/C=C(/C)C(=C)N. The normalized spacial score (nSPS) is 11.1. The molecule has 0 bridgehead atoms. The minimum Gasteiger partial charge on any atom is -0.399 e. The van der Waals surface area contributed by atoms with Gasteiger partial charge in [0.1, 0.15) is 0 Å². The van der Waals surface area contributed by atoms with Crippen molar-refractivity contribution in [1.29, 1.82) is 0 Å². The Hall–Kier alpha value is -0.980. The summed E-state index contributed by atoms with van der Waals surface area (Å²) < 4.78 is 0. The average molecular weight is 123 g/mol. The Morgan fingerprint density at radius 3 is 1.89 bits per heavy atom. The first kappa shape index (κ1) is 8.02. The number of allylic oxidation sites excluding steroid dienone is 3. The zero-order valence-electron chi connectivity index (χ0n) is 6.07. The lowest BCUT2D eigenvalue weighted by atomic mass is 10.2. The Bertz CT molecular complexity index is 163. The molecule has 0 aliphatic rings. The molecule has 0 unspecified atom stereocenters. The second kappa shape index (κ2) is 3.13. The van der Waals surface area contributed by atoms with Crippen molar-refractivity contribution >= 4 is 0 Å². The molecular formula is C8H13N. The van der Waals surface area contributed by atoms with E-state index in [-0.39, 0.29) is 0 Å². The van der Waals surface area contributed by atoms with E-state index in [1.54, 1.807) is 0 Å². The van der Waals surface area contributed by atoms with Gasteiger partial charge in [-0.05, 0) is 19.4 Å². The molecule has 0 aliphatic carbocycles. The van der Waals surface area contributed by atoms with Gasteiger partial charge in [-0.2, -0.15) is 0 Å². The molecule has 0 amide bonds. The molecular weight excluding hydrogens is 110 g/mol. The van der Waals surface area contributed by atoms with Gasteiger partial charge in [-0.3, -0.25) is 0 Å². The molecule has 50 valence electrons. The van der Waals surface area contributed by atoms with E-state index in [4.69, 9.17) is 5.73 Å². The van der Waals surface area contributed by atoms with Gasteiger partial charge in [-0.15, -0.1) is 0 Å². The van der Waals surface area contributed by atoms with E-state index < -0.39 is 0 Å². The molecule has 0 aromatic carbocycles. The standard InChI is InChI=1S/C8H13N/c1-6(2)5-7(3)8(4)9/h5H,1,4,9H2,2-3H3/b7-5-. The van der Waals surface area contributed by atoms with E-state index in [1.807, 2.05) is 19.9 Å². The predicted molar refractivity (Wildman–Crippen MR) is 41.9 cm³/mol. The maximum atomic E-state index is 5.38. The van der Waals surface area contributed by atoms with Crippen molar-refractivity contribution < 1.29 is 0 Å². The average Bonchev–Trinajstić information content (AvgIpc) is 1.63. The summed E-state index contributed by atoms with van der Waals surface area (Å²) in [6.07, 6.45) is 1.91. The van der Waals surface area contributed by atoms with E-state index in [2.05, 4.69) is 13.2 Å². The number of hydrogen-bond donors (Lipinski definition) is 1. The fourth-order valence-electron chi connectivity index (χ4n) is 0.462. The van der Waals surface area contributed by atoms with Crippen LogP contribution in [0.2, 0.25) is 0 Å². The van der Waals surface area contributed by atoms with E-state index in [1.165, 1.54) is 0 Å². The van der Waals surface area contributed by atoms with Gasteiger partial charge in [0.15, 0.2) is 0 Å². The molecule has 1 heteroatoms. The molecule has 0 aromatic heterocycles. The molecule has 0 rings (SSSR count). The molecule has 0 heterocycles. The predicted octanol–water partition coefficient (Wildman–Crippen LogP) is 1.98. The second-order valence-electron chi connectivity index (χ2n) is 2.20. The lowest BCUT2D eigenvalue weighted by Crippen LogP contribution is -1.95. The first-order chi connectivity index (χ1) is 4.04. The minimum atomic E-state index is 0.609. The number of hydrogen-bond acceptors (Lipinski definition) is 1. The molecule has 2 N–H and O–H groups in total. The minimum absolute atomic E-state index is 0.609. The number of nitrogens with two attached hydrogens (primary N) is 1. The summed E-state index contributed by atoms with van der Waals surface area (Å²) in [5.74, 6) is 0. The van der Waals surface area contributed by atoms with Gasteiger partial charge in [-0.25, -0.2) is 0 Å². The topological polar surface area (TPSA) is 26.0 Å². The summed E-state index contributed by atoms with van der Waals surface area (Å²) in [5, 5.41) is 0. The highest BCUT2D eigenvalue weighted by Gasteiger charge is 1.87. The summed E-state index contributed by atoms with van der Waals surface area (Å²) in [6, 6.07) is 0. The monoisotopic (exact) mass is 123 g/mol. The summed E-state index contributed by atoms with van der Waals surface area (Å²) in [7, 11) is 0. The van der Waals surface area contributed by atoms with Gasteiger partial charge >= 0.3 is 0 Å². The first-order valence-electron chi connectivity index (χ1n) is 2.82. The molecule has 1 nitrogen and oxygen atoms in total. The second-order valence-corrected chi connectivity index (χ2v) is 2.20. The van der Waals surface area contributed by atoms with Crippen LogP contribution in [-0.2, 0) is 0 Å². The lowest BCUT2D eigenvalue weighted by molar-refractivity contribution is 1.29. The smallest absolute Gasteiger partial charge is 0.0270 e. The third kappa shape index (κ3) is 3.59. The third-order valence-corrected chi connectivity index (χ3v) is 0.969. The van der Waals surface area contributed by atoms with Gasteiger partial charge in [0.2, 0.25) is 0 Å². The largest absolute Gasteiger partial charge is 0.399 e. The van der Waals surface area contributed by atoms with Crippen molar-refractivity contribution in [2.75, 3.05) is 0 Å². The Kier molecular flexibility index (Phi) is 2.79. The molecule has 0 spiro atoms. The van der Waals surface area contributed by atoms with E-state index in [0.29, 0.717) is 5.70 Å². The Morgan fingerprint density at radius 2 is 1.78 bits per heavy atom. The van der Waals surface area contributed by atoms with E-state index in [0.717, 1.165) is 11.1 Å². The molecule has 0 aliphatic heterocycles. The van der Waals surface area contributed by atoms with Crippen LogP contribution in [0.15, 0.2) is 36.1 Å². The van der Waals surface area contributed by atoms with Crippen molar-refractivity contribution in [3.05, 3.63) is 36.1 Å². The Morgan fingerprint density at radius 1 is 1.33 bits per heavy atom. The van der Waals surface area contributed by atoms with Crippen LogP contribution < -0.4 is 5.73 Å². The van der Waals surface area contributed by atoms with Crippen molar-refractivity contribution in [3.8, 4) is 0 Å². The Labute approximate surface area is 56.6 Å². The fraction of sp³-hybridized carbons (Fsp3) is 0.250. The van der Waals surface area contributed by atoms with Crippen LogP contribution in [0, 0.1) is 0 Å². The van der Waals surface area contributed by atoms with E-state index in [9.17, 15) is 0 Å². The van der Waals surface area contributed by atoms with Crippen molar-refractivity contribution in [2.24, 2.45) is 5.73 Å². The number of rotatable bonds is 2. The van der Waals surface area contributed by atoms with Crippen LogP contribution in [0.3, 0.4) is 0 Å². The molecule has 0 aromatic rings. The first-order valence-corrected chi connectivity index (χ1v) is 2.82. The van der Waals surface area contributed by atoms with Gasteiger partial charge in [-0.1, -0.05) is 24.8 Å². The van der Waals surface area contributed by atoms with Crippen LogP contribution in [0.4, 0.5) is 0 Å². The highest BCUT2D eigenvalue weighted by Crippen LogP contribution is 2.02. The summed E-state index contributed by atoms with van der Waals surface area (Å²) in [5.41, 5.74) is 7.98. The molecule has 0 saturated carbocycles. The maximum Gasteiger partial charge on any atom is 0.0270 e. The van der Waals surface area contributed by atoms with E-state index >= 15 is 0 Å². The fourth-order valence-corrected chi connectivity index (χ4v) is 0.462. The molecule has 0 radical (unpaired) electrons. The van der Waals surface area contributed by atoms with Gasteiger partial charge in [0.25, 0.3) is 0 Å². The highest BCUT2D eigenvalue weighted by atomic mass is 14.6. The zero-order valence-corrected chi connectivity index (χ0v) is 6.07. The summed E-state index contributed by atoms with van der Waals surface area (Å²) in [4.78, 5) is 0. The Balaban J connectivity index is 4.17. The molecule has 0 atom stereocenters. The van der Waals surface area contributed by atoms with Crippen LogP contribution in [-0.4, -0.2) is 0 Å². The summed E-state index contributed by atoms with van der Waals surface area (Å²) >= 11 is 0. The van der Waals surface area contributed by atoms with Crippen molar-refractivity contribution in [3.63, 3.8) is 0 Å². The summed E-state index contributed by atoms with van der Waals surface area (Å²) in [6.45, 7) is 11.1. The van der Waals surface area contributed by atoms with Crippen LogP contribution >= 0.6 is 0 Å². The van der Waals surface area contributed by atoms with Crippen molar-refractivity contribution in [1.82, 2.24) is 0 Å². The van der Waals surface area contributed by atoms with Gasteiger partial charge < -0.3 is 5.73 Å². The van der Waals surface area contributed by atoms with Gasteiger partial charge in [0.05, 0.1) is 0 Å². The van der Waals surface area contributed by atoms with Crippen LogP contribution in [0.1, 0.15) is 13.8 Å². The quantitative estimate of drug-likeness (QED) is 0.558. The zero-order chi connectivity index (χ0) is 7.44. The maximum absolute atomic E-state index is 5.38. The molecule has 0 fully saturated rings. The molecule has 0 saturated heterocycles. The lowest BCUT2D eigenvalue weighted by Gasteiger charge is -1.96. The highest BCUT2D eigenvalue weighted by molar-refractivity contribution is 5.29. The molecule has 9 heavy (non-hydrogen) atoms. The van der Waals surface area contributed by atoms with Crippen molar-refractivity contribution in [2.45, 2.75) is 13.8 Å². The van der Waals surface area contributed by atoms with Crippen LogP contribution in [0.5, 0.6) is 0 Å². The third-order valence-electron chi connectivity index (χ3n) is 0.969.